The number of rotatable bonds is 6. The highest BCUT2D eigenvalue weighted by Crippen LogP contribution is 2.40. The third-order valence-corrected chi connectivity index (χ3v) is 5.23. The molecule has 3 aromatic rings. The molecule has 0 atom stereocenters. The van der Waals surface area contributed by atoms with E-state index < -0.39 is 0 Å². The lowest BCUT2D eigenvalue weighted by Gasteiger charge is -2.20. The minimum absolute atomic E-state index is 0.201. The molecule has 1 amide bonds. The van der Waals surface area contributed by atoms with Gasteiger partial charge < -0.3 is 19.5 Å². The molecule has 7 heteroatoms. The van der Waals surface area contributed by atoms with Crippen LogP contribution >= 0.6 is 11.3 Å². The van der Waals surface area contributed by atoms with Gasteiger partial charge in [-0.25, -0.2) is 4.98 Å². The van der Waals surface area contributed by atoms with E-state index in [4.69, 9.17) is 14.2 Å². The molecule has 2 heterocycles. The molecular formula is C22H20N2O4S. The fourth-order valence-corrected chi connectivity index (χ4v) is 3.73. The maximum atomic E-state index is 12.2. The van der Waals surface area contributed by atoms with Gasteiger partial charge in [-0.1, -0.05) is 30.3 Å². The Morgan fingerprint density at radius 2 is 2.07 bits per heavy atom. The first-order valence-electron chi connectivity index (χ1n) is 9.16. The topological polar surface area (TPSA) is 69.7 Å². The molecule has 4 rings (SSSR count). The van der Waals surface area contributed by atoms with E-state index in [1.54, 1.807) is 24.5 Å². The van der Waals surface area contributed by atoms with Gasteiger partial charge in [0.05, 0.1) is 19.3 Å². The average Bonchev–Trinajstić information content (AvgIpc) is 3.25. The van der Waals surface area contributed by atoms with Crippen LogP contribution in [-0.2, 0) is 11.3 Å². The van der Waals surface area contributed by atoms with Crippen molar-refractivity contribution < 1.29 is 19.0 Å². The predicted molar refractivity (Wildman–Crippen MR) is 112 cm³/mol. The first-order chi connectivity index (χ1) is 14.2. The number of benzene rings is 2. The third kappa shape index (κ3) is 4.57. The Morgan fingerprint density at radius 1 is 1.24 bits per heavy atom. The van der Waals surface area contributed by atoms with Gasteiger partial charge in [-0.2, -0.15) is 0 Å². The van der Waals surface area contributed by atoms with Crippen molar-refractivity contribution in [3.8, 4) is 27.8 Å². The van der Waals surface area contributed by atoms with Gasteiger partial charge in [0.25, 0.3) is 0 Å². The summed E-state index contributed by atoms with van der Waals surface area (Å²) in [6.45, 7) is 1.35. The van der Waals surface area contributed by atoms with E-state index in [1.807, 2.05) is 47.8 Å². The zero-order valence-corrected chi connectivity index (χ0v) is 16.7. The molecule has 0 unspecified atom stereocenters. The molecule has 0 radical (unpaired) electrons. The van der Waals surface area contributed by atoms with Crippen molar-refractivity contribution in [2.45, 2.75) is 6.54 Å². The number of aromatic nitrogens is 1. The Balaban J connectivity index is 1.38. The number of thiazole rings is 1. The lowest BCUT2D eigenvalue weighted by atomic mass is 10.1. The summed E-state index contributed by atoms with van der Waals surface area (Å²) in [5, 5.41) is 5.75. The Morgan fingerprint density at radius 3 is 2.90 bits per heavy atom. The quantitative estimate of drug-likeness (QED) is 0.626. The SMILES string of the molecule is COc1cc(/C=C/C(=O)NCc2csc(-c3ccccc3)n2)cc2c1OCCO2. The Bertz CT molecular complexity index is 1010. The van der Waals surface area contributed by atoms with Crippen molar-refractivity contribution in [1.82, 2.24) is 10.3 Å². The van der Waals surface area contributed by atoms with E-state index in [-0.39, 0.29) is 5.91 Å². The van der Waals surface area contributed by atoms with Gasteiger partial charge in [0.1, 0.15) is 18.2 Å². The second-order valence-corrected chi connectivity index (χ2v) is 7.17. The first kappa shape index (κ1) is 19.0. The van der Waals surface area contributed by atoms with E-state index in [2.05, 4.69) is 10.3 Å². The van der Waals surface area contributed by atoms with Crippen molar-refractivity contribution in [2.24, 2.45) is 0 Å². The van der Waals surface area contributed by atoms with Crippen LogP contribution in [-0.4, -0.2) is 31.2 Å². The summed E-state index contributed by atoms with van der Waals surface area (Å²) >= 11 is 1.56. The van der Waals surface area contributed by atoms with Crippen LogP contribution in [0.1, 0.15) is 11.3 Å². The van der Waals surface area contributed by atoms with Crippen LogP contribution < -0.4 is 19.5 Å². The molecule has 0 spiro atoms. The highest BCUT2D eigenvalue weighted by molar-refractivity contribution is 7.13. The fraction of sp³-hybridized carbons (Fsp3) is 0.182. The summed E-state index contributed by atoms with van der Waals surface area (Å²) in [4.78, 5) is 16.8. The number of hydrogen-bond donors (Lipinski definition) is 1. The van der Waals surface area contributed by atoms with Gasteiger partial charge in [0.2, 0.25) is 11.7 Å². The minimum Gasteiger partial charge on any atom is -0.493 e. The van der Waals surface area contributed by atoms with Gasteiger partial charge in [-0.3, -0.25) is 4.79 Å². The number of nitrogens with zero attached hydrogens (tertiary/aromatic N) is 1. The van der Waals surface area contributed by atoms with E-state index in [0.717, 1.165) is 21.8 Å². The van der Waals surface area contributed by atoms with Crippen molar-refractivity contribution >= 4 is 23.3 Å². The van der Waals surface area contributed by atoms with Gasteiger partial charge in [-0.15, -0.1) is 11.3 Å². The molecule has 2 aromatic carbocycles. The van der Waals surface area contributed by atoms with E-state index in [0.29, 0.717) is 37.0 Å². The Labute approximate surface area is 172 Å². The number of methoxy groups -OCH3 is 1. The summed E-state index contributed by atoms with van der Waals surface area (Å²) in [5.41, 5.74) is 2.69. The zero-order valence-electron chi connectivity index (χ0n) is 15.9. The van der Waals surface area contributed by atoms with Crippen LogP contribution in [0.4, 0.5) is 0 Å². The molecular weight excluding hydrogens is 388 g/mol. The molecule has 0 saturated carbocycles. The minimum atomic E-state index is -0.201. The molecule has 1 aliphatic rings. The summed E-state index contributed by atoms with van der Waals surface area (Å²) < 4.78 is 16.6. The molecule has 0 aliphatic carbocycles. The number of ether oxygens (including phenoxy) is 3. The number of carbonyl (C=O) groups is 1. The van der Waals surface area contributed by atoms with Crippen LogP contribution in [0.5, 0.6) is 17.2 Å². The number of amides is 1. The van der Waals surface area contributed by atoms with Crippen LogP contribution in [0.15, 0.2) is 53.9 Å². The van der Waals surface area contributed by atoms with Crippen molar-refractivity contribution in [2.75, 3.05) is 20.3 Å². The molecule has 148 valence electrons. The van der Waals surface area contributed by atoms with E-state index in [9.17, 15) is 4.79 Å². The third-order valence-electron chi connectivity index (χ3n) is 4.29. The summed E-state index contributed by atoms with van der Waals surface area (Å²) in [5.74, 6) is 1.59. The molecule has 1 N–H and O–H groups in total. The largest absolute Gasteiger partial charge is 0.493 e. The summed E-state index contributed by atoms with van der Waals surface area (Å²) in [7, 11) is 1.57. The van der Waals surface area contributed by atoms with Crippen molar-refractivity contribution in [3.05, 3.63) is 65.2 Å². The lowest BCUT2D eigenvalue weighted by molar-refractivity contribution is -0.116. The number of fused-ring (bicyclic) bond motifs is 1. The summed E-state index contributed by atoms with van der Waals surface area (Å²) in [6, 6.07) is 13.6. The maximum absolute atomic E-state index is 12.2. The fourth-order valence-electron chi connectivity index (χ4n) is 2.90. The van der Waals surface area contributed by atoms with Crippen molar-refractivity contribution in [3.63, 3.8) is 0 Å². The first-order valence-corrected chi connectivity index (χ1v) is 10.0. The van der Waals surface area contributed by atoms with E-state index in [1.165, 1.54) is 6.08 Å². The predicted octanol–water partition coefficient (Wildman–Crippen LogP) is 3.92. The van der Waals surface area contributed by atoms with Crippen molar-refractivity contribution in [1.29, 1.82) is 0 Å². The second-order valence-electron chi connectivity index (χ2n) is 6.31. The Hall–Kier alpha value is -3.32. The molecule has 0 saturated heterocycles. The van der Waals surface area contributed by atoms with Crippen LogP contribution in [0, 0.1) is 0 Å². The highest BCUT2D eigenvalue weighted by Gasteiger charge is 2.17. The molecule has 1 aromatic heterocycles. The van der Waals surface area contributed by atoms with Crippen LogP contribution in [0.25, 0.3) is 16.6 Å². The summed E-state index contributed by atoms with van der Waals surface area (Å²) in [6.07, 6.45) is 3.20. The van der Waals surface area contributed by atoms with Gasteiger partial charge >= 0.3 is 0 Å². The van der Waals surface area contributed by atoms with Gasteiger partial charge in [0, 0.05) is 17.0 Å². The van der Waals surface area contributed by atoms with Crippen LogP contribution in [0.2, 0.25) is 0 Å². The van der Waals surface area contributed by atoms with Gasteiger partial charge in [0.15, 0.2) is 11.5 Å². The van der Waals surface area contributed by atoms with Crippen LogP contribution in [0.3, 0.4) is 0 Å². The van der Waals surface area contributed by atoms with Gasteiger partial charge in [-0.05, 0) is 23.8 Å². The maximum Gasteiger partial charge on any atom is 0.244 e. The zero-order chi connectivity index (χ0) is 20.1. The molecule has 0 fully saturated rings. The molecule has 1 aliphatic heterocycles. The number of carbonyl (C=O) groups excluding carboxylic acids is 1. The highest BCUT2D eigenvalue weighted by atomic mass is 32.1. The molecule has 29 heavy (non-hydrogen) atoms. The van der Waals surface area contributed by atoms with E-state index >= 15 is 0 Å². The monoisotopic (exact) mass is 408 g/mol. The lowest BCUT2D eigenvalue weighted by Crippen LogP contribution is -2.20. The standard InChI is InChI=1S/C22H20N2O4S/c1-26-18-11-15(12-19-21(18)28-10-9-27-19)7-8-20(25)23-13-17-14-29-22(24-17)16-5-3-2-4-6-16/h2-8,11-12,14H,9-10,13H2,1H3,(H,23,25)/b8-7+. The molecule has 6 nitrogen and oxygen atoms in total. The second kappa shape index (κ2) is 8.79. The normalized spacial score (nSPS) is 12.7. The number of nitrogens with one attached hydrogen (secondary N) is 1. The smallest absolute Gasteiger partial charge is 0.244 e. The molecule has 0 bridgehead atoms. The Kier molecular flexibility index (Phi) is 5.76. The average molecular weight is 408 g/mol. The number of hydrogen-bond acceptors (Lipinski definition) is 6.